The molecule has 1 aliphatic rings. The monoisotopic (exact) mass is 451 g/mol. The van der Waals surface area contributed by atoms with E-state index in [4.69, 9.17) is 4.74 Å². The number of aliphatic hydroxyl groups is 1. The number of ether oxygens (including phenoxy) is 1. The zero-order chi connectivity index (χ0) is 24.0. The molecule has 2 heterocycles. The van der Waals surface area contributed by atoms with Crippen molar-refractivity contribution in [2.24, 2.45) is 5.92 Å². The normalized spacial score (nSPS) is 17.9. The molecule has 3 rings (SSSR count). The van der Waals surface area contributed by atoms with Crippen LogP contribution >= 0.6 is 0 Å². The number of aliphatic hydroxyl groups excluding tert-OH is 1. The summed E-state index contributed by atoms with van der Waals surface area (Å²) in [5.74, 6) is -0.523. The Labute approximate surface area is 195 Å². The highest BCUT2D eigenvalue weighted by atomic mass is 16.5. The predicted molar refractivity (Wildman–Crippen MR) is 128 cm³/mol. The van der Waals surface area contributed by atoms with Crippen molar-refractivity contribution < 1.29 is 19.4 Å². The van der Waals surface area contributed by atoms with E-state index in [0.29, 0.717) is 36.9 Å². The zero-order valence-electron chi connectivity index (χ0n) is 19.8. The number of benzene rings is 1. The van der Waals surface area contributed by atoms with Crippen LogP contribution in [0.1, 0.15) is 44.9 Å². The Morgan fingerprint density at radius 1 is 1.15 bits per heavy atom. The van der Waals surface area contributed by atoms with Gasteiger partial charge in [0.2, 0.25) is 0 Å². The maximum Gasteiger partial charge on any atom is 0.295 e. The van der Waals surface area contributed by atoms with Gasteiger partial charge in [-0.2, -0.15) is 0 Å². The first-order valence-corrected chi connectivity index (χ1v) is 11.5. The number of hydrogen-bond acceptors (Lipinski definition) is 6. The third-order valence-electron chi connectivity index (χ3n) is 5.80. The minimum absolute atomic E-state index is 0.0896. The number of carbonyl (C=O) groups excluding carboxylic acids is 2. The number of rotatable bonds is 10. The van der Waals surface area contributed by atoms with Crippen LogP contribution < -0.4 is 4.74 Å². The van der Waals surface area contributed by atoms with Gasteiger partial charge in [0, 0.05) is 31.0 Å². The second-order valence-corrected chi connectivity index (χ2v) is 8.53. The molecule has 0 spiro atoms. The largest absolute Gasteiger partial charge is 0.507 e. The van der Waals surface area contributed by atoms with Gasteiger partial charge in [0.1, 0.15) is 11.5 Å². The molecule has 0 aliphatic carbocycles. The minimum Gasteiger partial charge on any atom is -0.507 e. The molecular formula is C26H33N3O4. The fourth-order valence-electron chi connectivity index (χ4n) is 3.94. The molecule has 176 valence electrons. The van der Waals surface area contributed by atoms with Crippen LogP contribution in [0.5, 0.6) is 5.75 Å². The molecule has 1 fully saturated rings. The van der Waals surface area contributed by atoms with Gasteiger partial charge in [0.25, 0.3) is 11.7 Å². The second-order valence-electron chi connectivity index (χ2n) is 8.53. The van der Waals surface area contributed by atoms with Gasteiger partial charge in [0.05, 0.1) is 18.2 Å². The molecule has 1 aromatic carbocycles. The van der Waals surface area contributed by atoms with Crippen molar-refractivity contribution in [3.05, 3.63) is 65.5 Å². The topological polar surface area (TPSA) is 83.0 Å². The molecule has 0 saturated carbocycles. The van der Waals surface area contributed by atoms with Crippen molar-refractivity contribution in [1.29, 1.82) is 0 Å². The van der Waals surface area contributed by atoms with Crippen LogP contribution in [-0.2, 0) is 9.59 Å². The first-order chi connectivity index (χ1) is 15.9. The standard InChI is InChI=1S/C26H33N3O4/c1-5-28(6-2)14-15-29-23(19-10-12-27-13-11-19)22(25(31)26(29)32)24(30)20-8-7-9-21(16-20)33-17-18(3)4/h7-13,16,18,23,30H,5-6,14-15,17H2,1-4H3/b24-22-. The molecule has 7 nitrogen and oxygen atoms in total. The van der Waals surface area contributed by atoms with Crippen LogP contribution in [-0.4, -0.2) is 64.4 Å². The number of nitrogens with zero attached hydrogens (tertiary/aromatic N) is 3. The van der Waals surface area contributed by atoms with Crippen molar-refractivity contribution in [2.75, 3.05) is 32.8 Å². The second kappa shape index (κ2) is 11.1. The van der Waals surface area contributed by atoms with Gasteiger partial charge in [-0.1, -0.05) is 39.8 Å². The molecule has 7 heteroatoms. The molecule has 1 amide bonds. The van der Waals surface area contributed by atoms with E-state index in [0.717, 1.165) is 18.7 Å². The summed E-state index contributed by atoms with van der Waals surface area (Å²) >= 11 is 0. The number of pyridine rings is 1. The molecule has 0 bridgehead atoms. The summed E-state index contributed by atoms with van der Waals surface area (Å²) in [7, 11) is 0. The molecule has 1 aliphatic heterocycles. The number of ketones is 1. The van der Waals surface area contributed by atoms with Crippen molar-refractivity contribution in [3.8, 4) is 5.75 Å². The fourth-order valence-corrected chi connectivity index (χ4v) is 3.94. The van der Waals surface area contributed by atoms with Crippen molar-refractivity contribution in [1.82, 2.24) is 14.8 Å². The lowest BCUT2D eigenvalue weighted by molar-refractivity contribution is -0.140. The van der Waals surface area contributed by atoms with E-state index in [1.54, 1.807) is 47.6 Å². The number of likely N-dealkylation sites (tertiary alicyclic amines) is 1. The molecule has 2 aromatic rings. The summed E-state index contributed by atoms with van der Waals surface area (Å²) < 4.78 is 5.78. The molecule has 0 radical (unpaired) electrons. The van der Waals surface area contributed by atoms with Crippen LogP contribution in [0.3, 0.4) is 0 Å². The van der Waals surface area contributed by atoms with Crippen LogP contribution in [0, 0.1) is 5.92 Å². The molecule has 1 unspecified atom stereocenters. The van der Waals surface area contributed by atoms with Crippen LogP contribution in [0.2, 0.25) is 0 Å². The summed E-state index contributed by atoms with van der Waals surface area (Å²) in [6.45, 7) is 11.5. The zero-order valence-corrected chi connectivity index (χ0v) is 19.8. The maximum atomic E-state index is 13.1. The summed E-state index contributed by atoms with van der Waals surface area (Å²) in [6, 6.07) is 9.86. The summed E-state index contributed by atoms with van der Waals surface area (Å²) in [4.78, 5) is 34.0. The van der Waals surface area contributed by atoms with Gasteiger partial charge in [-0.25, -0.2) is 0 Å². The highest BCUT2D eigenvalue weighted by molar-refractivity contribution is 6.46. The lowest BCUT2D eigenvalue weighted by atomic mass is 9.96. The highest BCUT2D eigenvalue weighted by Crippen LogP contribution is 2.39. The van der Waals surface area contributed by atoms with E-state index < -0.39 is 17.7 Å². The van der Waals surface area contributed by atoms with Crippen molar-refractivity contribution >= 4 is 17.4 Å². The van der Waals surface area contributed by atoms with E-state index >= 15 is 0 Å². The number of carbonyl (C=O) groups is 2. The summed E-state index contributed by atoms with van der Waals surface area (Å²) in [6.07, 6.45) is 3.25. The van der Waals surface area contributed by atoms with Gasteiger partial charge >= 0.3 is 0 Å². The molecule has 1 saturated heterocycles. The maximum absolute atomic E-state index is 13.1. The molecular weight excluding hydrogens is 418 g/mol. The molecule has 1 N–H and O–H groups in total. The van der Waals surface area contributed by atoms with Gasteiger partial charge in [-0.15, -0.1) is 0 Å². The van der Waals surface area contributed by atoms with Crippen molar-refractivity contribution in [3.63, 3.8) is 0 Å². The van der Waals surface area contributed by atoms with E-state index in [2.05, 4.69) is 37.6 Å². The average Bonchev–Trinajstić information content (AvgIpc) is 3.08. The molecule has 33 heavy (non-hydrogen) atoms. The first kappa shape index (κ1) is 24.5. The fraction of sp³-hybridized carbons (Fsp3) is 0.423. The lowest BCUT2D eigenvalue weighted by Gasteiger charge is -2.28. The third kappa shape index (κ3) is 5.60. The Kier molecular flexibility index (Phi) is 8.22. The Hall–Kier alpha value is -3.19. The molecule has 1 atom stereocenters. The Morgan fingerprint density at radius 3 is 2.48 bits per heavy atom. The minimum atomic E-state index is -0.678. The number of aromatic nitrogens is 1. The Balaban J connectivity index is 2.03. The van der Waals surface area contributed by atoms with Gasteiger partial charge in [-0.05, 0) is 48.8 Å². The predicted octanol–water partition coefficient (Wildman–Crippen LogP) is 3.88. The summed E-state index contributed by atoms with van der Waals surface area (Å²) in [5, 5.41) is 11.2. The van der Waals surface area contributed by atoms with E-state index in [1.165, 1.54) is 0 Å². The van der Waals surface area contributed by atoms with E-state index in [1.807, 2.05) is 6.07 Å². The first-order valence-electron chi connectivity index (χ1n) is 11.5. The number of amides is 1. The SMILES string of the molecule is CCN(CC)CCN1C(=O)C(=O)/C(=C(\O)c2cccc(OCC(C)C)c2)C1c1ccncc1. The van der Waals surface area contributed by atoms with Crippen molar-refractivity contribution in [2.45, 2.75) is 33.7 Å². The van der Waals surface area contributed by atoms with Gasteiger partial charge in [-0.3, -0.25) is 14.6 Å². The highest BCUT2D eigenvalue weighted by Gasteiger charge is 2.45. The number of likely N-dealkylation sites (N-methyl/N-ethyl adjacent to an activating group) is 1. The number of Topliss-reactive ketones (excluding diaryl/α,β-unsaturated/α-hetero) is 1. The van der Waals surface area contributed by atoms with E-state index in [-0.39, 0.29) is 11.3 Å². The van der Waals surface area contributed by atoms with Crippen LogP contribution in [0.15, 0.2) is 54.4 Å². The van der Waals surface area contributed by atoms with E-state index in [9.17, 15) is 14.7 Å². The quantitative estimate of drug-likeness (QED) is 0.335. The Bertz CT molecular complexity index is 1000. The summed E-state index contributed by atoms with van der Waals surface area (Å²) in [5.41, 5.74) is 1.27. The molecule has 1 aromatic heterocycles. The number of hydrogen-bond donors (Lipinski definition) is 1. The van der Waals surface area contributed by atoms with Crippen LogP contribution in [0.4, 0.5) is 0 Å². The third-order valence-corrected chi connectivity index (χ3v) is 5.80. The van der Waals surface area contributed by atoms with Gasteiger partial charge in [0.15, 0.2) is 0 Å². The van der Waals surface area contributed by atoms with Gasteiger partial charge < -0.3 is 19.6 Å². The van der Waals surface area contributed by atoms with Crippen LogP contribution in [0.25, 0.3) is 5.76 Å². The smallest absolute Gasteiger partial charge is 0.295 e. The lowest BCUT2D eigenvalue weighted by Crippen LogP contribution is -2.38. The average molecular weight is 452 g/mol. The Morgan fingerprint density at radius 2 is 1.85 bits per heavy atom.